The van der Waals surface area contributed by atoms with E-state index in [0.29, 0.717) is 17.6 Å². The number of phenols is 1. The van der Waals surface area contributed by atoms with Gasteiger partial charge < -0.3 is 14.8 Å². The number of benzene rings is 2. The predicted molar refractivity (Wildman–Crippen MR) is 82.8 cm³/mol. The minimum Gasteiger partial charge on any atom is -0.508 e. The van der Waals surface area contributed by atoms with Crippen LogP contribution in [-0.2, 0) is 26.9 Å². The fourth-order valence-electron chi connectivity index (χ4n) is 2.39. The Morgan fingerprint density at radius 2 is 2.00 bits per heavy atom. The summed E-state index contributed by atoms with van der Waals surface area (Å²) < 4.78 is 30.0. The number of sulfone groups is 1. The molecule has 0 saturated heterocycles. The third-order valence-corrected chi connectivity index (χ3v) is 5.64. The molecule has 114 valence electrons. The van der Waals surface area contributed by atoms with Crippen molar-refractivity contribution >= 4 is 34.0 Å². The quantitative estimate of drug-likeness (QED) is 0.823. The molecule has 0 radical (unpaired) electrons. The fourth-order valence-corrected chi connectivity index (χ4v) is 4.33. The molecule has 0 spiro atoms. The van der Waals surface area contributed by atoms with Crippen LogP contribution in [0.3, 0.4) is 0 Å². The molecule has 0 fully saturated rings. The molecule has 2 aromatic rings. The van der Waals surface area contributed by atoms with Gasteiger partial charge in [0, 0.05) is 0 Å². The summed E-state index contributed by atoms with van der Waals surface area (Å²) in [4.78, 5) is -0.0377. The molecule has 5 nitrogen and oxygen atoms in total. The Bertz CT molecular complexity index is 837. The van der Waals surface area contributed by atoms with Gasteiger partial charge in [0.25, 0.3) is 0 Å². The summed E-state index contributed by atoms with van der Waals surface area (Å²) in [5.74, 6) is -0.348. The number of hydrogen-bond acceptors (Lipinski definition) is 5. The van der Waals surface area contributed by atoms with Crippen molar-refractivity contribution in [1.82, 2.24) is 0 Å². The predicted octanol–water partition coefficient (Wildman–Crippen LogP) is 1.24. The lowest BCUT2D eigenvalue weighted by Gasteiger charge is -2.08. The molecule has 2 N–H and O–H groups in total. The summed E-state index contributed by atoms with van der Waals surface area (Å²) in [6.45, 7) is 0.313. The lowest BCUT2D eigenvalue weighted by atomic mass is 9.79. The van der Waals surface area contributed by atoms with Gasteiger partial charge >= 0.3 is 7.12 Å². The van der Waals surface area contributed by atoms with Crippen molar-refractivity contribution in [2.45, 2.75) is 17.3 Å². The van der Waals surface area contributed by atoms with Crippen LogP contribution >= 0.6 is 11.6 Å². The van der Waals surface area contributed by atoms with Crippen LogP contribution in [0.25, 0.3) is 0 Å². The van der Waals surface area contributed by atoms with Crippen molar-refractivity contribution in [3.05, 3.63) is 52.5 Å². The van der Waals surface area contributed by atoms with Gasteiger partial charge in [0.1, 0.15) is 5.75 Å². The zero-order chi connectivity index (χ0) is 15.9. The summed E-state index contributed by atoms with van der Waals surface area (Å²) >= 11 is 5.90. The fraction of sp³-hybridized carbons (Fsp3) is 0.143. The Balaban J connectivity index is 1.93. The van der Waals surface area contributed by atoms with Crippen molar-refractivity contribution in [2.24, 2.45) is 0 Å². The highest BCUT2D eigenvalue weighted by Gasteiger charge is 2.28. The molecule has 1 aliphatic rings. The third-order valence-electron chi connectivity index (χ3n) is 3.48. The van der Waals surface area contributed by atoms with Crippen LogP contribution in [0.4, 0.5) is 0 Å². The number of hydrogen-bond donors (Lipinski definition) is 2. The van der Waals surface area contributed by atoms with Crippen LogP contribution in [0, 0.1) is 0 Å². The van der Waals surface area contributed by atoms with Crippen molar-refractivity contribution < 1.29 is 23.2 Å². The van der Waals surface area contributed by atoms with Crippen molar-refractivity contribution in [3.8, 4) is 5.75 Å². The first-order valence-corrected chi connectivity index (χ1v) is 8.52. The van der Waals surface area contributed by atoms with E-state index in [1.165, 1.54) is 18.2 Å². The van der Waals surface area contributed by atoms with E-state index < -0.39 is 17.0 Å². The standard InChI is InChI=1S/C14H12BClO5S/c16-13-6-11(17)3-4-14(13)22(19,20)8-9-1-2-10-7-21-15(18)12(10)5-9/h1-6,17-18H,7-8H2. The lowest BCUT2D eigenvalue weighted by Crippen LogP contribution is -2.28. The van der Waals surface area contributed by atoms with E-state index in [0.717, 1.165) is 5.56 Å². The van der Waals surface area contributed by atoms with E-state index in [2.05, 4.69) is 0 Å². The van der Waals surface area contributed by atoms with Crippen LogP contribution < -0.4 is 5.46 Å². The van der Waals surface area contributed by atoms with Crippen LogP contribution in [-0.4, -0.2) is 25.7 Å². The molecule has 22 heavy (non-hydrogen) atoms. The van der Waals surface area contributed by atoms with Crippen molar-refractivity contribution in [3.63, 3.8) is 0 Å². The molecule has 0 atom stereocenters. The second-order valence-electron chi connectivity index (χ2n) is 5.07. The minimum absolute atomic E-state index is 0.0236. The van der Waals surface area contributed by atoms with Crippen molar-refractivity contribution in [2.75, 3.05) is 0 Å². The maximum absolute atomic E-state index is 12.5. The molecule has 8 heteroatoms. The SMILES string of the molecule is O=S(=O)(Cc1ccc2c(c1)B(O)OC2)c1ccc(O)cc1Cl. The zero-order valence-electron chi connectivity index (χ0n) is 11.4. The van der Waals surface area contributed by atoms with Gasteiger partial charge in [-0.25, -0.2) is 8.42 Å². The number of halogens is 1. The Hall–Kier alpha value is -1.54. The molecule has 0 aromatic heterocycles. The topological polar surface area (TPSA) is 83.8 Å². The summed E-state index contributed by atoms with van der Waals surface area (Å²) in [6, 6.07) is 8.80. The average Bonchev–Trinajstić information content (AvgIpc) is 2.79. The summed E-state index contributed by atoms with van der Waals surface area (Å²) in [5, 5.41) is 19.0. The largest absolute Gasteiger partial charge is 0.508 e. The van der Waals surface area contributed by atoms with Gasteiger partial charge in [-0.15, -0.1) is 0 Å². The first kappa shape index (κ1) is 15.4. The van der Waals surface area contributed by atoms with Gasteiger partial charge in [0.15, 0.2) is 9.84 Å². The molecule has 3 rings (SSSR count). The molecule has 1 aliphatic heterocycles. The number of aromatic hydroxyl groups is 1. The third kappa shape index (κ3) is 2.85. The average molecular weight is 339 g/mol. The van der Waals surface area contributed by atoms with Gasteiger partial charge in [-0.05, 0) is 34.8 Å². The molecular formula is C14H12BClO5S. The number of phenolic OH excluding ortho intramolecular Hbond substituents is 1. The Morgan fingerprint density at radius 3 is 2.73 bits per heavy atom. The second-order valence-corrected chi connectivity index (χ2v) is 7.44. The van der Waals surface area contributed by atoms with Crippen LogP contribution in [0.2, 0.25) is 5.02 Å². The molecule has 0 unspecified atom stereocenters. The lowest BCUT2D eigenvalue weighted by molar-refractivity contribution is 0.275. The first-order valence-electron chi connectivity index (χ1n) is 6.49. The van der Waals surface area contributed by atoms with E-state index in [1.54, 1.807) is 18.2 Å². The van der Waals surface area contributed by atoms with E-state index >= 15 is 0 Å². The summed E-state index contributed by atoms with van der Waals surface area (Å²) in [5.41, 5.74) is 1.97. The maximum atomic E-state index is 12.5. The van der Waals surface area contributed by atoms with E-state index in [9.17, 15) is 18.5 Å². The van der Waals surface area contributed by atoms with E-state index in [1.807, 2.05) is 0 Å². The molecule has 0 saturated carbocycles. The molecule has 0 aliphatic carbocycles. The van der Waals surface area contributed by atoms with Gasteiger partial charge in [0.2, 0.25) is 0 Å². The molecule has 0 amide bonds. The van der Waals surface area contributed by atoms with Gasteiger partial charge in [-0.2, -0.15) is 0 Å². The highest BCUT2D eigenvalue weighted by molar-refractivity contribution is 7.90. The monoisotopic (exact) mass is 338 g/mol. The van der Waals surface area contributed by atoms with Crippen molar-refractivity contribution in [1.29, 1.82) is 0 Å². The van der Waals surface area contributed by atoms with Crippen LogP contribution in [0.5, 0.6) is 5.75 Å². The smallest absolute Gasteiger partial charge is 0.491 e. The number of fused-ring (bicyclic) bond motifs is 1. The first-order chi connectivity index (χ1) is 10.4. The Kier molecular flexibility index (Phi) is 3.90. The summed E-state index contributed by atoms with van der Waals surface area (Å²) in [6.07, 6.45) is 0. The normalized spacial score (nSPS) is 14.2. The Labute approximate surface area is 133 Å². The molecule has 0 bridgehead atoms. The highest BCUT2D eigenvalue weighted by atomic mass is 35.5. The van der Waals surface area contributed by atoms with E-state index in [4.69, 9.17) is 16.3 Å². The van der Waals surface area contributed by atoms with Crippen LogP contribution in [0.1, 0.15) is 11.1 Å². The van der Waals surface area contributed by atoms with E-state index in [-0.39, 0.29) is 21.4 Å². The van der Waals surface area contributed by atoms with Gasteiger partial charge in [0.05, 0.1) is 22.3 Å². The summed E-state index contributed by atoms with van der Waals surface area (Å²) in [7, 11) is -4.68. The Morgan fingerprint density at radius 1 is 1.23 bits per heavy atom. The second kappa shape index (κ2) is 5.59. The van der Waals surface area contributed by atoms with Gasteiger partial charge in [-0.3, -0.25) is 0 Å². The molecule has 2 aromatic carbocycles. The molecular weight excluding hydrogens is 326 g/mol. The zero-order valence-corrected chi connectivity index (χ0v) is 12.9. The highest BCUT2D eigenvalue weighted by Crippen LogP contribution is 2.28. The van der Waals surface area contributed by atoms with Gasteiger partial charge in [-0.1, -0.05) is 29.8 Å². The number of rotatable bonds is 3. The minimum atomic E-state index is -3.66. The molecule has 1 heterocycles. The maximum Gasteiger partial charge on any atom is 0.491 e. The van der Waals surface area contributed by atoms with Crippen LogP contribution in [0.15, 0.2) is 41.3 Å².